The zero-order valence-corrected chi connectivity index (χ0v) is 10.8. The molecule has 2 atom stereocenters. The van der Waals surface area contributed by atoms with E-state index in [-0.39, 0.29) is 18.0 Å². The quantitative estimate of drug-likeness (QED) is 0.609. The summed E-state index contributed by atoms with van der Waals surface area (Å²) in [5, 5.41) is 0.516. The van der Waals surface area contributed by atoms with Crippen molar-refractivity contribution in [2.45, 2.75) is 31.9 Å². The molecule has 1 aromatic carbocycles. The van der Waals surface area contributed by atoms with E-state index in [0.717, 1.165) is 6.42 Å². The highest BCUT2D eigenvalue weighted by molar-refractivity contribution is 6.30. The second-order valence-electron chi connectivity index (χ2n) is 3.90. The lowest BCUT2D eigenvalue weighted by molar-refractivity contribution is 0.0651. The smallest absolute Gasteiger partial charge is 0.126 e. The van der Waals surface area contributed by atoms with E-state index in [1.165, 1.54) is 12.1 Å². The molecule has 5 heteroatoms. The summed E-state index contributed by atoms with van der Waals surface area (Å²) in [4.78, 5) is 0. The maximum absolute atomic E-state index is 13.6. The lowest BCUT2D eigenvalue weighted by atomic mass is 10.00. The van der Waals surface area contributed by atoms with E-state index in [1.807, 2.05) is 6.92 Å². The van der Waals surface area contributed by atoms with Crippen molar-refractivity contribution in [2.24, 2.45) is 5.84 Å². The molecule has 0 saturated carbocycles. The maximum Gasteiger partial charge on any atom is 0.126 e. The minimum atomic E-state index is -0.277. The Kier molecular flexibility index (Phi) is 5.85. The molecule has 0 bridgehead atoms. The molecule has 0 aliphatic carbocycles. The van der Waals surface area contributed by atoms with Gasteiger partial charge in [0.2, 0.25) is 0 Å². The SMILES string of the molecule is CCC(OC)C(Cc1cc(Cl)ccc1F)NN. The molecule has 1 aromatic rings. The van der Waals surface area contributed by atoms with Crippen LogP contribution in [0, 0.1) is 5.82 Å². The van der Waals surface area contributed by atoms with Gasteiger partial charge in [0.05, 0.1) is 12.1 Å². The van der Waals surface area contributed by atoms with Gasteiger partial charge in [0.1, 0.15) is 5.82 Å². The number of methoxy groups -OCH3 is 1. The molecule has 96 valence electrons. The molecule has 0 radical (unpaired) electrons. The van der Waals surface area contributed by atoms with Crippen molar-refractivity contribution in [1.82, 2.24) is 5.43 Å². The van der Waals surface area contributed by atoms with E-state index in [0.29, 0.717) is 17.0 Å². The fourth-order valence-electron chi connectivity index (χ4n) is 1.85. The number of benzene rings is 1. The standard InChI is InChI=1S/C12H18ClFN2O/c1-3-12(17-2)11(16-15)7-8-6-9(13)4-5-10(8)14/h4-6,11-12,16H,3,7,15H2,1-2H3. The number of rotatable bonds is 6. The average molecular weight is 261 g/mol. The highest BCUT2D eigenvalue weighted by atomic mass is 35.5. The van der Waals surface area contributed by atoms with Crippen LogP contribution in [0.3, 0.4) is 0 Å². The summed E-state index contributed by atoms with van der Waals surface area (Å²) < 4.78 is 18.9. The molecular weight excluding hydrogens is 243 g/mol. The molecule has 17 heavy (non-hydrogen) atoms. The van der Waals surface area contributed by atoms with Crippen LogP contribution in [0.5, 0.6) is 0 Å². The normalized spacial score (nSPS) is 14.6. The second-order valence-corrected chi connectivity index (χ2v) is 4.33. The van der Waals surface area contributed by atoms with Gasteiger partial charge in [-0.05, 0) is 36.6 Å². The van der Waals surface area contributed by atoms with Crippen LogP contribution in [0.1, 0.15) is 18.9 Å². The largest absolute Gasteiger partial charge is 0.380 e. The van der Waals surface area contributed by atoms with Crippen molar-refractivity contribution in [2.75, 3.05) is 7.11 Å². The van der Waals surface area contributed by atoms with Crippen LogP contribution in [-0.2, 0) is 11.2 Å². The molecule has 1 rings (SSSR count). The monoisotopic (exact) mass is 260 g/mol. The number of ether oxygens (including phenoxy) is 1. The fraction of sp³-hybridized carbons (Fsp3) is 0.500. The van der Waals surface area contributed by atoms with E-state index in [9.17, 15) is 4.39 Å². The molecule has 3 N–H and O–H groups in total. The lowest BCUT2D eigenvalue weighted by Crippen LogP contribution is -2.46. The minimum absolute atomic E-state index is 0.0571. The summed E-state index contributed by atoms with van der Waals surface area (Å²) in [6.07, 6.45) is 1.18. The molecule has 0 aromatic heterocycles. The molecule has 0 fully saturated rings. The Morgan fingerprint density at radius 3 is 2.76 bits per heavy atom. The first kappa shape index (κ1) is 14.4. The second kappa shape index (κ2) is 6.91. The molecule has 0 spiro atoms. The van der Waals surface area contributed by atoms with E-state index >= 15 is 0 Å². The number of hydrazine groups is 1. The van der Waals surface area contributed by atoms with Gasteiger partial charge < -0.3 is 4.74 Å². The van der Waals surface area contributed by atoms with Crippen molar-refractivity contribution in [1.29, 1.82) is 0 Å². The van der Waals surface area contributed by atoms with Gasteiger partial charge in [0.15, 0.2) is 0 Å². The van der Waals surface area contributed by atoms with E-state index in [2.05, 4.69) is 5.43 Å². The predicted molar refractivity (Wildman–Crippen MR) is 67.3 cm³/mol. The topological polar surface area (TPSA) is 47.3 Å². The molecule has 0 heterocycles. The Hall–Kier alpha value is -0.680. The number of nitrogens with one attached hydrogen (secondary N) is 1. The van der Waals surface area contributed by atoms with Gasteiger partial charge in [-0.2, -0.15) is 0 Å². The Labute approximate surface area is 106 Å². The molecule has 0 aliphatic rings. The van der Waals surface area contributed by atoms with Gasteiger partial charge in [0, 0.05) is 12.1 Å². The van der Waals surface area contributed by atoms with E-state index in [4.69, 9.17) is 22.2 Å². The number of halogens is 2. The summed E-state index contributed by atoms with van der Waals surface area (Å²) in [5.41, 5.74) is 3.20. The van der Waals surface area contributed by atoms with Crippen molar-refractivity contribution in [3.05, 3.63) is 34.6 Å². The Bertz CT molecular complexity index is 358. The molecule has 0 amide bonds. The van der Waals surface area contributed by atoms with Crippen molar-refractivity contribution in [3.63, 3.8) is 0 Å². The van der Waals surface area contributed by atoms with E-state index < -0.39 is 0 Å². The van der Waals surface area contributed by atoms with Crippen LogP contribution in [0.2, 0.25) is 5.02 Å². The first-order valence-corrected chi connectivity index (χ1v) is 5.93. The van der Waals surface area contributed by atoms with Gasteiger partial charge in [-0.15, -0.1) is 0 Å². The van der Waals surface area contributed by atoms with Crippen LogP contribution in [0.4, 0.5) is 4.39 Å². The Balaban J connectivity index is 2.83. The maximum atomic E-state index is 13.6. The van der Waals surface area contributed by atoms with E-state index in [1.54, 1.807) is 13.2 Å². The first-order chi connectivity index (χ1) is 8.12. The van der Waals surface area contributed by atoms with Crippen molar-refractivity contribution < 1.29 is 9.13 Å². The minimum Gasteiger partial charge on any atom is -0.380 e. The summed E-state index contributed by atoms with van der Waals surface area (Å²) in [5.74, 6) is 5.20. The third kappa shape index (κ3) is 3.92. The number of nitrogens with two attached hydrogens (primary N) is 1. The van der Waals surface area contributed by atoms with Crippen LogP contribution in [0.15, 0.2) is 18.2 Å². The lowest BCUT2D eigenvalue weighted by Gasteiger charge is -2.24. The third-order valence-electron chi connectivity index (χ3n) is 2.82. The van der Waals surface area contributed by atoms with Gasteiger partial charge in [-0.1, -0.05) is 18.5 Å². The highest BCUT2D eigenvalue weighted by Gasteiger charge is 2.20. The summed E-state index contributed by atoms with van der Waals surface area (Å²) >= 11 is 5.84. The van der Waals surface area contributed by atoms with Gasteiger partial charge in [0.25, 0.3) is 0 Å². The summed E-state index contributed by atoms with van der Waals surface area (Å²) in [6, 6.07) is 4.36. The number of hydrogen-bond acceptors (Lipinski definition) is 3. The predicted octanol–water partition coefficient (Wildman–Crippen LogP) is 2.28. The Morgan fingerprint density at radius 1 is 1.53 bits per heavy atom. The van der Waals surface area contributed by atoms with Crippen LogP contribution in [0.25, 0.3) is 0 Å². The van der Waals surface area contributed by atoms with Crippen LogP contribution >= 0.6 is 11.6 Å². The zero-order chi connectivity index (χ0) is 12.8. The Morgan fingerprint density at radius 2 is 2.24 bits per heavy atom. The molecule has 0 aliphatic heterocycles. The first-order valence-electron chi connectivity index (χ1n) is 5.55. The molecule has 2 unspecified atom stereocenters. The van der Waals surface area contributed by atoms with Crippen molar-refractivity contribution >= 4 is 11.6 Å². The van der Waals surface area contributed by atoms with Gasteiger partial charge >= 0.3 is 0 Å². The van der Waals surface area contributed by atoms with Gasteiger partial charge in [-0.25, -0.2) is 4.39 Å². The summed E-state index contributed by atoms with van der Waals surface area (Å²) in [7, 11) is 1.62. The number of hydrogen-bond donors (Lipinski definition) is 2. The van der Waals surface area contributed by atoms with Crippen LogP contribution < -0.4 is 11.3 Å². The van der Waals surface area contributed by atoms with Crippen molar-refractivity contribution in [3.8, 4) is 0 Å². The van der Waals surface area contributed by atoms with Crippen LogP contribution in [-0.4, -0.2) is 19.3 Å². The molecule has 3 nitrogen and oxygen atoms in total. The van der Waals surface area contributed by atoms with Gasteiger partial charge in [-0.3, -0.25) is 11.3 Å². The summed E-state index contributed by atoms with van der Waals surface area (Å²) in [6.45, 7) is 1.99. The highest BCUT2D eigenvalue weighted by Crippen LogP contribution is 2.18. The zero-order valence-electron chi connectivity index (χ0n) is 10.0. The molecule has 0 saturated heterocycles. The molecular formula is C12H18ClFN2O. The fourth-order valence-corrected chi connectivity index (χ4v) is 2.04. The average Bonchev–Trinajstić information content (AvgIpc) is 2.33. The third-order valence-corrected chi connectivity index (χ3v) is 3.05.